The normalized spacial score (nSPS) is 11.2. The van der Waals surface area contributed by atoms with Crippen LogP contribution in [0.2, 0.25) is 0 Å². The summed E-state index contributed by atoms with van der Waals surface area (Å²) in [6, 6.07) is 4.80. The van der Waals surface area contributed by atoms with E-state index in [2.05, 4.69) is 26.1 Å². The second kappa shape index (κ2) is 6.41. The highest BCUT2D eigenvalue weighted by Crippen LogP contribution is 2.28. The minimum absolute atomic E-state index is 0.0445. The maximum atomic E-state index is 10.9. The predicted octanol–water partition coefficient (Wildman–Crippen LogP) is 3.98. The zero-order valence-corrected chi connectivity index (χ0v) is 12.0. The van der Waals surface area contributed by atoms with Crippen LogP contribution in [0, 0.1) is 10.1 Å². The number of nitro benzene ring substituents is 1. The van der Waals surface area contributed by atoms with Gasteiger partial charge in [0.05, 0.1) is 17.6 Å². The third-order valence-electron chi connectivity index (χ3n) is 2.94. The van der Waals surface area contributed by atoms with Crippen LogP contribution in [0.1, 0.15) is 40.5 Å². The van der Waals surface area contributed by atoms with Crippen LogP contribution in [0.5, 0.6) is 5.75 Å². The molecule has 1 aromatic carbocycles. The topological polar surface area (TPSA) is 64.4 Å². The molecule has 0 bridgehead atoms. The van der Waals surface area contributed by atoms with E-state index >= 15 is 0 Å². The van der Waals surface area contributed by atoms with Crippen molar-refractivity contribution < 1.29 is 9.66 Å². The molecule has 1 N–H and O–H groups in total. The van der Waals surface area contributed by atoms with Crippen molar-refractivity contribution in [3.05, 3.63) is 28.3 Å². The van der Waals surface area contributed by atoms with Crippen LogP contribution >= 0.6 is 0 Å². The molecule has 0 aliphatic heterocycles. The van der Waals surface area contributed by atoms with E-state index in [0.717, 1.165) is 12.8 Å². The highest BCUT2D eigenvalue weighted by molar-refractivity contribution is 5.57. The summed E-state index contributed by atoms with van der Waals surface area (Å²) >= 11 is 0. The average molecular weight is 266 g/mol. The number of nitrogens with zero attached hydrogens (tertiary/aromatic N) is 1. The molecule has 0 aliphatic carbocycles. The van der Waals surface area contributed by atoms with E-state index in [1.165, 1.54) is 12.1 Å². The van der Waals surface area contributed by atoms with Crippen LogP contribution in [0.25, 0.3) is 0 Å². The fourth-order valence-corrected chi connectivity index (χ4v) is 1.54. The van der Waals surface area contributed by atoms with Crippen molar-refractivity contribution in [2.45, 2.75) is 46.1 Å². The van der Waals surface area contributed by atoms with Gasteiger partial charge >= 0.3 is 0 Å². The number of nitro groups is 1. The molecule has 0 aromatic heterocycles. The summed E-state index contributed by atoms with van der Waals surface area (Å²) in [6.45, 7) is 8.73. The van der Waals surface area contributed by atoms with Crippen LogP contribution < -0.4 is 10.1 Å². The van der Waals surface area contributed by atoms with Crippen molar-refractivity contribution in [3.8, 4) is 5.75 Å². The first-order valence-electron chi connectivity index (χ1n) is 6.58. The lowest BCUT2D eigenvalue weighted by atomic mass is 10.0. The van der Waals surface area contributed by atoms with Crippen LogP contribution in [-0.2, 0) is 0 Å². The summed E-state index contributed by atoms with van der Waals surface area (Å²) in [7, 11) is 0. The third-order valence-corrected chi connectivity index (χ3v) is 2.94. The molecule has 19 heavy (non-hydrogen) atoms. The largest absolute Gasteiger partial charge is 0.493 e. The van der Waals surface area contributed by atoms with E-state index in [4.69, 9.17) is 4.74 Å². The Morgan fingerprint density at radius 2 is 2.00 bits per heavy atom. The fourth-order valence-electron chi connectivity index (χ4n) is 1.54. The van der Waals surface area contributed by atoms with E-state index in [9.17, 15) is 10.1 Å². The highest BCUT2D eigenvalue weighted by Gasteiger charge is 2.17. The Labute approximate surface area is 114 Å². The van der Waals surface area contributed by atoms with Gasteiger partial charge in [0.15, 0.2) is 0 Å². The molecule has 106 valence electrons. The van der Waals surface area contributed by atoms with Crippen LogP contribution in [0.4, 0.5) is 11.4 Å². The fraction of sp³-hybridized carbons (Fsp3) is 0.571. The first-order chi connectivity index (χ1) is 8.88. The monoisotopic (exact) mass is 266 g/mol. The zero-order chi connectivity index (χ0) is 14.5. The lowest BCUT2D eigenvalue weighted by Crippen LogP contribution is -2.29. The SMILES string of the molecule is CCCOc1cc(NC(C)(C)CC)cc([N+](=O)[O-])c1. The van der Waals surface area contributed by atoms with Gasteiger partial charge in [0.2, 0.25) is 0 Å². The minimum Gasteiger partial charge on any atom is -0.493 e. The van der Waals surface area contributed by atoms with E-state index in [1.54, 1.807) is 6.07 Å². The van der Waals surface area contributed by atoms with Gasteiger partial charge in [-0.2, -0.15) is 0 Å². The van der Waals surface area contributed by atoms with Gasteiger partial charge in [0, 0.05) is 23.4 Å². The molecule has 1 rings (SSSR count). The molecule has 5 nitrogen and oxygen atoms in total. The maximum absolute atomic E-state index is 10.9. The quantitative estimate of drug-likeness (QED) is 0.598. The van der Waals surface area contributed by atoms with Crippen LogP contribution in [-0.4, -0.2) is 17.1 Å². The first-order valence-corrected chi connectivity index (χ1v) is 6.58. The number of rotatable bonds is 7. The summed E-state index contributed by atoms with van der Waals surface area (Å²) in [5.41, 5.74) is 0.646. The third kappa shape index (κ3) is 4.77. The molecule has 0 spiro atoms. The Morgan fingerprint density at radius 3 is 2.53 bits per heavy atom. The van der Waals surface area contributed by atoms with Crippen molar-refractivity contribution in [2.24, 2.45) is 0 Å². The van der Waals surface area contributed by atoms with Crippen molar-refractivity contribution in [2.75, 3.05) is 11.9 Å². The molecule has 0 saturated heterocycles. The van der Waals surface area contributed by atoms with Gasteiger partial charge in [-0.05, 0) is 26.7 Å². The Hall–Kier alpha value is -1.78. The van der Waals surface area contributed by atoms with Gasteiger partial charge < -0.3 is 10.1 Å². The number of non-ortho nitro benzene ring substituents is 1. The number of benzene rings is 1. The smallest absolute Gasteiger partial charge is 0.275 e. The van der Waals surface area contributed by atoms with Gasteiger partial charge in [-0.15, -0.1) is 0 Å². The first kappa shape index (κ1) is 15.3. The standard InChI is InChI=1S/C14H22N2O3/c1-5-7-19-13-9-11(15-14(3,4)6-2)8-12(10-13)16(17)18/h8-10,15H,5-7H2,1-4H3. The molecule has 0 aliphatic rings. The predicted molar refractivity (Wildman–Crippen MR) is 76.9 cm³/mol. The van der Waals surface area contributed by atoms with Crippen molar-refractivity contribution in [1.82, 2.24) is 0 Å². The molecule has 5 heteroatoms. The summed E-state index contributed by atoms with van der Waals surface area (Å²) in [4.78, 5) is 10.5. The summed E-state index contributed by atoms with van der Waals surface area (Å²) in [5, 5.41) is 14.2. The van der Waals surface area contributed by atoms with E-state index in [1.807, 2.05) is 6.92 Å². The van der Waals surface area contributed by atoms with Crippen molar-refractivity contribution >= 4 is 11.4 Å². The molecule has 1 aromatic rings. The number of ether oxygens (including phenoxy) is 1. The molecule has 0 amide bonds. The number of hydrogen-bond acceptors (Lipinski definition) is 4. The van der Waals surface area contributed by atoms with E-state index in [0.29, 0.717) is 18.0 Å². The van der Waals surface area contributed by atoms with Gasteiger partial charge in [0.25, 0.3) is 5.69 Å². The van der Waals surface area contributed by atoms with E-state index < -0.39 is 4.92 Å². The summed E-state index contributed by atoms with van der Waals surface area (Å²) in [5.74, 6) is 0.533. The van der Waals surface area contributed by atoms with Crippen molar-refractivity contribution in [1.29, 1.82) is 0 Å². The maximum Gasteiger partial charge on any atom is 0.275 e. The average Bonchev–Trinajstić information content (AvgIpc) is 2.35. The Balaban J connectivity index is 3.02. The molecule has 0 unspecified atom stereocenters. The van der Waals surface area contributed by atoms with Gasteiger partial charge in [0.1, 0.15) is 5.75 Å². The molecule has 0 atom stereocenters. The van der Waals surface area contributed by atoms with E-state index in [-0.39, 0.29) is 11.2 Å². The Morgan fingerprint density at radius 1 is 1.32 bits per heavy atom. The molecule has 0 saturated carbocycles. The van der Waals surface area contributed by atoms with Crippen molar-refractivity contribution in [3.63, 3.8) is 0 Å². The molecule has 0 fully saturated rings. The molecule has 0 radical (unpaired) electrons. The molecular formula is C14H22N2O3. The molecule has 0 heterocycles. The van der Waals surface area contributed by atoms with Crippen LogP contribution in [0.3, 0.4) is 0 Å². The Kier molecular flexibility index (Phi) is 5.15. The highest BCUT2D eigenvalue weighted by atomic mass is 16.6. The van der Waals surface area contributed by atoms with Gasteiger partial charge in [-0.1, -0.05) is 13.8 Å². The minimum atomic E-state index is -0.400. The lowest BCUT2D eigenvalue weighted by Gasteiger charge is -2.26. The number of anilines is 1. The summed E-state index contributed by atoms with van der Waals surface area (Å²) in [6.07, 6.45) is 1.78. The van der Waals surface area contributed by atoms with Crippen LogP contribution in [0.15, 0.2) is 18.2 Å². The lowest BCUT2D eigenvalue weighted by molar-refractivity contribution is -0.384. The van der Waals surface area contributed by atoms with Gasteiger partial charge in [-0.3, -0.25) is 10.1 Å². The second-order valence-electron chi connectivity index (χ2n) is 5.18. The molecular weight excluding hydrogens is 244 g/mol. The zero-order valence-electron chi connectivity index (χ0n) is 12.0. The number of hydrogen-bond donors (Lipinski definition) is 1. The second-order valence-corrected chi connectivity index (χ2v) is 5.18. The number of nitrogens with one attached hydrogen (secondary N) is 1. The Bertz CT molecular complexity index is 444. The summed E-state index contributed by atoms with van der Waals surface area (Å²) < 4.78 is 5.49. The van der Waals surface area contributed by atoms with Gasteiger partial charge in [-0.25, -0.2) is 0 Å².